The molecule has 104 valence electrons. The Morgan fingerprint density at radius 3 is 2.58 bits per heavy atom. The lowest BCUT2D eigenvalue weighted by atomic mass is 9.93. The quantitative estimate of drug-likeness (QED) is 0.724. The van der Waals surface area contributed by atoms with Crippen molar-refractivity contribution in [1.82, 2.24) is 0 Å². The fourth-order valence-electron chi connectivity index (χ4n) is 1.92. The summed E-state index contributed by atoms with van der Waals surface area (Å²) in [6, 6.07) is 10.1. The van der Waals surface area contributed by atoms with Gasteiger partial charge >= 0.3 is 0 Å². The van der Waals surface area contributed by atoms with Crippen LogP contribution >= 0.6 is 0 Å². The first-order valence-electron chi connectivity index (χ1n) is 6.74. The number of aliphatic hydroxyl groups excluding tert-OH is 1. The third-order valence-electron chi connectivity index (χ3n) is 3.16. The summed E-state index contributed by atoms with van der Waals surface area (Å²) >= 11 is 0. The molecule has 1 aromatic carbocycles. The Labute approximate surface area is 116 Å². The molecule has 0 aromatic heterocycles. The van der Waals surface area contributed by atoms with Crippen LogP contribution in [0.5, 0.6) is 0 Å². The number of allylic oxidation sites excluding steroid dienone is 2. The van der Waals surface area contributed by atoms with Crippen LogP contribution in [0.3, 0.4) is 0 Å². The molecule has 0 heterocycles. The molecular weight excluding hydrogens is 236 g/mol. The van der Waals surface area contributed by atoms with Crippen LogP contribution in [-0.4, -0.2) is 17.8 Å². The molecule has 0 aliphatic heterocycles. The second-order valence-corrected chi connectivity index (χ2v) is 4.95. The van der Waals surface area contributed by atoms with Crippen molar-refractivity contribution in [3.05, 3.63) is 60.7 Å². The summed E-state index contributed by atoms with van der Waals surface area (Å²) in [6.45, 7) is 8.78. The van der Waals surface area contributed by atoms with E-state index in [1.54, 1.807) is 6.08 Å². The molecule has 0 amide bonds. The first kappa shape index (κ1) is 15.7. The highest BCUT2D eigenvalue weighted by Crippen LogP contribution is 2.15. The molecule has 0 aliphatic carbocycles. The number of hydrogen-bond acceptors (Lipinski definition) is 2. The zero-order valence-corrected chi connectivity index (χ0v) is 11.8. The lowest BCUT2D eigenvalue weighted by Crippen LogP contribution is -2.27. The van der Waals surface area contributed by atoms with Gasteiger partial charge in [-0.15, -0.1) is 0 Å². The van der Waals surface area contributed by atoms with Crippen LogP contribution in [0, 0.1) is 11.8 Å². The van der Waals surface area contributed by atoms with E-state index in [4.69, 9.17) is 4.74 Å². The molecule has 0 fully saturated rings. The predicted octanol–water partition coefficient (Wildman–Crippen LogP) is 3.58. The van der Waals surface area contributed by atoms with Crippen LogP contribution in [0.1, 0.15) is 19.4 Å². The Morgan fingerprint density at radius 1 is 1.26 bits per heavy atom. The summed E-state index contributed by atoms with van der Waals surface area (Å²) in [7, 11) is 0. The standard InChI is InChI=1S/C17H24O2/c1-4-5-9-14(2)17(18)15(3)12-19-13-16-10-7-6-8-11-16/h4-11,14-15,17-18H,1,12-13H2,2-3H3/b9-5-/t14-,15-,17-/m0/s1. The van der Waals surface area contributed by atoms with Crippen molar-refractivity contribution in [2.24, 2.45) is 11.8 Å². The van der Waals surface area contributed by atoms with Gasteiger partial charge in [-0.05, 0) is 5.56 Å². The maximum atomic E-state index is 10.1. The summed E-state index contributed by atoms with van der Waals surface area (Å²) in [5.74, 6) is 0.210. The van der Waals surface area contributed by atoms with Gasteiger partial charge in [0.1, 0.15) is 0 Å². The van der Waals surface area contributed by atoms with Gasteiger partial charge in [-0.25, -0.2) is 0 Å². The van der Waals surface area contributed by atoms with Gasteiger partial charge in [0, 0.05) is 11.8 Å². The minimum atomic E-state index is -0.396. The first-order valence-corrected chi connectivity index (χ1v) is 6.74. The second kappa shape index (κ2) is 8.68. The van der Waals surface area contributed by atoms with Crippen LogP contribution in [0.4, 0.5) is 0 Å². The molecule has 0 aliphatic rings. The van der Waals surface area contributed by atoms with Gasteiger partial charge < -0.3 is 9.84 Å². The van der Waals surface area contributed by atoms with E-state index in [0.717, 1.165) is 5.56 Å². The number of hydrogen-bond donors (Lipinski definition) is 1. The molecule has 2 nitrogen and oxygen atoms in total. The molecule has 3 atom stereocenters. The molecule has 0 bridgehead atoms. The first-order chi connectivity index (χ1) is 9.15. The maximum absolute atomic E-state index is 10.1. The van der Waals surface area contributed by atoms with Crippen molar-refractivity contribution < 1.29 is 9.84 Å². The third-order valence-corrected chi connectivity index (χ3v) is 3.16. The summed E-state index contributed by atoms with van der Waals surface area (Å²) in [5, 5.41) is 10.1. The van der Waals surface area contributed by atoms with E-state index in [-0.39, 0.29) is 11.8 Å². The van der Waals surface area contributed by atoms with E-state index in [1.807, 2.05) is 56.3 Å². The molecule has 2 heteroatoms. The summed E-state index contributed by atoms with van der Waals surface area (Å²) < 4.78 is 5.65. The minimum Gasteiger partial charge on any atom is -0.392 e. The summed E-state index contributed by atoms with van der Waals surface area (Å²) in [6.07, 6.45) is 5.16. The van der Waals surface area contributed by atoms with Crippen LogP contribution in [0.15, 0.2) is 55.1 Å². The number of ether oxygens (including phenoxy) is 1. The van der Waals surface area contributed by atoms with Crippen LogP contribution in [0.25, 0.3) is 0 Å². The van der Waals surface area contributed by atoms with Crippen LogP contribution in [0.2, 0.25) is 0 Å². The SMILES string of the molecule is C=C/C=C\[C@H](C)[C@H](O)[C@@H](C)COCc1ccccc1. The molecular formula is C17H24O2. The van der Waals surface area contributed by atoms with E-state index >= 15 is 0 Å². The molecule has 0 saturated carbocycles. The summed E-state index contributed by atoms with van der Waals surface area (Å²) in [4.78, 5) is 0. The van der Waals surface area contributed by atoms with Crippen molar-refractivity contribution in [1.29, 1.82) is 0 Å². The molecule has 0 spiro atoms. The highest BCUT2D eigenvalue weighted by Gasteiger charge is 2.19. The molecule has 0 saturated heterocycles. The number of benzene rings is 1. The van der Waals surface area contributed by atoms with Gasteiger partial charge in [0.15, 0.2) is 0 Å². The van der Waals surface area contributed by atoms with Crippen molar-refractivity contribution in [3.63, 3.8) is 0 Å². The Hall–Kier alpha value is -1.38. The highest BCUT2D eigenvalue weighted by atomic mass is 16.5. The number of rotatable bonds is 8. The fourth-order valence-corrected chi connectivity index (χ4v) is 1.92. The van der Waals surface area contributed by atoms with Gasteiger partial charge in [-0.3, -0.25) is 0 Å². The van der Waals surface area contributed by atoms with Crippen molar-refractivity contribution in [2.75, 3.05) is 6.61 Å². The van der Waals surface area contributed by atoms with Crippen molar-refractivity contribution in [3.8, 4) is 0 Å². The highest BCUT2D eigenvalue weighted by molar-refractivity contribution is 5.13. The molecule has 0 radical (unpaired) electrons. The minimum absolute atomic E-state index is 0.105. The molecule has 1 rings (SSSR count). The Morgan fingerprint density at radius 2 is 1.95 bits per heavy atom. The normalized spacial score (nSPS) is 16.2. The van der Waals surface area contributed by atoms with Gasteiger partial charge in [0.25, 0.3) is 0 Å². The van der Waals surface area contributed by atoms with Gasteiger partial charge in [-0.2, -0.15) is 0 Å². The zero-order valence-electron chi connectivity index (χ0n) is 11.8. The Bertz CT molecular complexity index is 384. The third kappa shape index (κ3) is 5.86. The lowest BCUT2D eigenvalue weighted by Gasteiger charge is -2.22. The average Bonchev–Trinajstić information content (AvgIpc) is 2.44. The topological polar surface area (TPSA) is 29.5 Å². The molecule has 1 aromatic rings. The number of aliphatic hydroxyl groups is 1. The molecule has 0 unspecified atom stereocenters. The van der Waals surface area contributed by atoms with E-state index in [2.05, 4.69) is 6.58 Å². The predicted molar refractivity (Wildman–Crippen MR) is 79.8 cm³/mol. The van der Waals surface area contributed by atoms with E-state index in [0.29, 0.717) is 13.2 Å². The average molecular weight is 260 g/mol. The maximum Gasteiger partial charge on any atom is 0.0717 e. The van der Waals surface area contributed by atoms with E-state index < -0.39 is 6.10 Å². The Kier molecular flexibility index (Phi) is 7.16. The Balaban J connectivity index is 2.32. The van der Waals surface area contributed by atoms with Crippen molar-refractivity contribution >= 4 is 0 Å². The van der Waals surface area contributed by atoms with Gasteiger partial charge in [-0.1, -0.05) is 69.0 Å². The monoisotopic (exact) mass is 260 g/mol. The zero-order chi connectivity index (χ0) is 14.1. The molecule has 1 N–H and O–H groups in total. The second-order valence-electron chi connectivity index (χ2n) is 4.95. The largest absolute Gasteiger partial charge is 0.392 e. The molecule has 19 heavy (non-hydrogen) atoms. The van der Waals surface area contributed by atoms with Crippen LogP contribution in [-0.2, 0) is 11.3 Å². The van der Waals surface area contributed by atoms with Gasteiger partial charge in [0.2, 0.25) is 0 Å². The summed E-state index contributed by atoms with van der Waals surface area (Å²) in [5.41, 5.74) is 1.16. The van der Waals surface area contributed by atoms with E-state index in [1.165, 1.54) is 0 Å². The van der Waals surface area contributed by atoms with Gasteiger partial charge in [0.05, 0.1) is 19.3 Å². The van der Waals surface area contributed by atoms with Crippen LogP contribution < -0.4 is 0 Å². The van der Waals surface area contributed by atoms with E-state index in [9.17, 15) is 5.11 Å². The fraction of sp³-hybridized carbons (Fsp3) is 0.412. The van der Waals surface area contributed by atoms with Crippen molar-refractivity contribution in [2.45, 2.75) is 26.6 Å². The smallest absolute Gasteiger partial charge is 0.0717 e. The lowest BCUT2D eigenvalue weighted by molar-refractivity contribution is 0.0133.